The molecule has 2 amide bonds. The van der Waals surface area contributed by atoms with Crippen LogP contribution in [0.25, 0.3) is 0 Å². The van der Waals surface area contributed by atoms with Crippen molar-refractivity contribution >= 4 is 17.5 Å². The molecule has 1 N–H and O–H groups in total. The topological polar surface area (TPSA) is 57.6 Å². The summed E-state index contributed by atoms with van der Waals surface area (Å²) in [6, 6.07) is 12.9. The molecule has 4 nitrogen and oxygen atoms in total. The average Bonchev–Trinajstić information content (AvgIpc) is 2.63. The van der Waals surface area contributed by atoms with Gasteiger partial charge in [-0.25, -0.2) is 4.90 Å². The monoisotopic (exact) mass is 239 g/mol. The van der Waals surface area contributed by atoms with Gasteiger partial charge in [0.05, 0.1) is 16.8 Å². The fourth-order valence-corrected chi connectivity index (χ4v) is 2.04. The summed E-state index contributed by atoms with van der Waals surface area (Å²) in [4.78, 5) is 25.4. The second-order valence-electron chi connectivity index (χ2n) is 4.01. The van der Waals surface area contributed by atoms with Crippen molar-refractivity contribution in [1.82, 2.24) is 0 Å². The van der Waals surface area contributed by atoms with Crippen LogP contribution in [0, 0.1) is 0 Å². The van der Waals surface area contributed by atoms with Crippen LogP contribution in [0.1, 0.15) is 20.7 Å². The fraction of sp³-hybridized carbons (Fsp3) is 0. The molecule has 0 unspecified atom stereocenters. The lowest BCUT2D eigenvalue weighted by Gasteiger charge is -2.13. The first kappa shape index (κ1) is 10.5. The van der Waals surface area contributed by atoms with Crippen LogP contribution in [0.2, 0.25) is 0 Å². The number of hydrogen-bond acceptors (Lipinski definition) is 3. The summed E-state index contributed by atoms with van der Waals surface area (Å²) in [5.41, 5.74) is 1.09. The van der Waals surface area contributed by atoms with E-state index in [1.807, 2.05) is 6.07 Å². The molecule has 18 heavy (non-hydrogen) atoms. The predicted molar refractivity (Wildman–Crippen MR) is 65.7 cm³/mol. The molecule has 4 heteroatoms. The summed E-state index contributed by atoms with van der Waals surface area (Å²) in [5.74, 6) is -0.789. The number of carbonyl (C=O) groups is 2. The minimum atomic E-state index is -0.405. The van der Waals surface area contributed by atoms with Crippen molar-refractivity contribution in [1.29, 1.82) is 0 Å². The van der Waals surface area contributed by atoms with Crippen molar-refractivity contribution in [2.75, 3.05) is 4.90 Å². The lowest BCUT2D eigenvalue weighted by atomic mass is 10.1. The third-order valence-electron chi connectivity index (χ3n) is 2.88. The Morgan fingerprint density at radius 2 is 1.50 bits per heavy atom. The molecule has 2 aromatic carbocycles. The van der Waals surface area contributed by atoms with Crippen molar-refractivity contribution in [2.24, 2.45) is 0 Å². The molecule has 0 saturated heterocycles. The Hall–Kier alpha value is -2.62. The number of hydrogen-bond donors (Lipinski definition) is 1. The highest BCUT2D eigenvalue weighted by molar-refractivity contribution is 6.34. The van der Waals surface area contributed by atoms with Crippen LogP contribution in [0.5, 0.6) is 5.75 Å². The highest BCUT2D eigenvalue weighted by atomic mass is 16.3. The molecule has 2 aromatic rings. The Morgan fingerprint density at radius 1 is 0.833 bits per heavy atom. The van der Waals surface area contributed by atoms with Crippen LogP contribution in [0.4, 0.5) is 5.69 Å². The van der Waals surface area contributed by atoms with Gasteiger partial charge < -0.3 is 5.11 Å². The summed E-state index contributed by atoms with van der Waals surface area (Å²) in [7, 11) is 0. The minimum absolute atomic E-state index is 0.0233. The molecule has 0 aromatic heterocycles. The number of nitrogens with zero attached hydrogens (tertiary/aromatic N) is 1. The van der Waals surface area contributed by atoms with Crippen LogP contribution >= 0.6 is 0 Å². The maximum atomic E-state index is 12.2. The third kappa shape index (κ3) is 1.39. The third-order valence-corrected chi connectivity index (χ3v) is 2.88. The van der Waals surface area contributed by atoms with Gasteiger partial charge in [0.15, 0.2) is 0 Å². The van der Waals surface area contributed by atoms with E-state index in [2.05, 4.69) is 0 Å². The van der Waals surface area contributed by atoms with Gasteiger partial charge in [-0.1, -0.05) is 18.2 Å². The van der Waals surface area contributed by atoms with Crippen LogP contribution in [-0.2, 0) is 0 Å². The highest BCUT2D eigenvalue weighted by Crippen LogP contribution is 2.30. The zero-order valence-corrected chi connectivity index (χ0v) is 9.33. The molecule has 0 bridgehead atoms. The second kappa shape index (κ2) is 3.70. The first-order valence-electron chi connectivity index (χ1n) is 5.45. The Kier molecular flexibility index (Phi) is 2.16. The molecule has 0 atom stereocenters. The second-order valence-corrected chi connectivity index (χ2v) is 4.01. The number of phenolic OH excluding ortho intramolecular Hbond substituents is 1. The summed E-state index contributed by atoms with van der Waals surface area (Å²) in [5, 5.41) is 9.38. The van der Waals surface area contributed by atoms with Crippen LogP contribution in [-0.4, -0.2) is 16.9 Å². The van der Waals surface area contributed by atoms with E-state index in [1.54, 1.807) is 24.3 Å². The fourth-order valence-electron chi connectivity index (χ4n) is 2.04. The zero-order valence-electron chi connectivity index (χ0n) is 9.33. The van der Waals surface area contributed by atoms with E-state index in [1.165, 1.54) is 18.2 Å². The van der Waals surface area contributed by atoms with Crippen molar-refractivity contribution in [3.8, 4) is 5.75 Å². The van der Waals surface area contributed by atoms with Gasteiger partial charge in [0.1, 0.15) is 5.75 Å². The molecule has 0 saturated carbocycles. The minimum Gasteiger partial charge on any atom is -0.508 e. The van der Waals surface area contributed by atoms with Gasteiger partial charge in [-0.3, -0.25) is 9.59 Å². The summed E-state index contributed by atoms with van der Waals surface area (Å²) < 4.78 is 0. The van der Waals surface area contributed by atoms with Crippen molar-refractivity contribution < 1.29 is 14.7 Å². The zero-order chi connectivity index (χ0) is 12.7. The smallest absolute Gasteiger partial charge is 0.266 e. The number of phenols is 1. The number of aromatic hydroxyl groups is 1. The Balaban J connectivity index is 2.13. The number of carbonyl (C=O) groups excluding carboxylic acids is 2. The average molecular weight is 239 g/mol. The number of para-hydroxylation sites is 1. The maximum absolute atomic E-state index is 12.2. The number of rotatable bonds is 1. The number of benzene rings is 2. The molecule has 0 radical (unpaired) electrons. The van der Waals surface area contributed by atoms with Crippen LogP contribution in [0.15, 0.2) is 48.5 Å². The van der Waals surface area contributed by atoms with E-state index in [4.69, 9.17) is 0 Å². The van der Waals surface area contributed by atoms with E-state index in [-0.39, 0.29) is 17.2 Å². The van der Waals surface area contributed by atoms with Crippen molar-refractivity contribution in [3.05, 3.63) is 59.7 Å². The molecule has 1 heterocycles. The van der Waals surface area contributed by atoms with Gasteiger partial charge in [-0.05, 0) is 30.3 Å². The standard InChI is InChI=1S/C14H9NO3/c16-10-6-7-11-12(8-10)14(18)15(13(11)17)9-4-2-1-3-5-9/h1-8,16H. The quantitative estimate of drug-likeness (QED) is 0.776. The predicted octanol–water partition coefficient (Wildman–Crippen LogP) is 2.19. The van der Waals surface area contributed by atoms with E-state index in [0.29, 0.717) is 11.3 Å². The molecule has 1 aliphatic heterocycles. The first-order chi connectivity index (χ1) is 8.68. The van der Waals surface area contributed by atoms with Gasteiger partial charge in [0.2, 0.25) is 0 Å². The van der Waals surface area contributed by atoms with Gasteiger partial charge in [-0.15, -0.1) is 0 Å². The van der Waals surface area contributed by atoms with Crippen LogP contribution in [0.3, 0.4) is 0 Å². The molecule has 0 spiro atoms. The molecule has 3 rings (SSSR count). The SMILES string of the molecule is O=C1c2ccc(O)cc2C(=O)N1c1ccccc1. The molecular weight excluding hydrogens is 230 g/mol. The van der Waals surface area contributed by atoms with Gasteiger partial charge >= 0.3 is 0 Å². The molecule has 1 aliphatic rings. The summed E-state index contributed by atoms with van der Waals surface area (Å²) in [6.07, 6.45) is 0. The van der Waals surface area contributed by atoms with E-state index >= 15 is 0 Å². The van der Waals surface area contributed by atoms with Crippen LogP contribution < -0.4 is 4.90 Å². The van der Waals surface area contributed by atoms with Gasteiger partial charge in [-0.2, -0.15) is 0 Å². The molecule has 0 aliphatic carbocycles. The Morgan fingerprint density at radius 3 is 2.22 bits per heavy atom. The molecule has 88 valence electrons. The maximum Gasteiger partial charge on any atom is 0.266 e. The Bertz CT molecular complexity index is 649. The van der Waals surface area contributed by atoms with Crippen molar-refractivity contribution in [3.63, 3.8) is 0 Å². The number of amides is 2. The van der Waals surface area contributed by atoms with Crippen molar-refractivity contribution in [2.45, 2.75) is 0 Å². The normalized spacial score (nSPS) is 13.9. The van der Waals surface area contributed by atoms with E-state index in [0.717, 1.165) is 4.90 Å². The summed E-state index contributed by atoms with van der Waals surface area (Å²) >= 11 is 0. The largest absolute Gasteiger partial charge is 0.508 e. The highest BCUT2D eigenvalue weighted by Gasteiger charge is 2.36. The van der Waals surface area contributed by atoms with Gasteiger partial charge in [0.25, 0.3) is 11.8 Å². The van der Waals surface area contributed by atoms with Gasteiger partial charge in [0, 0.05) is 0 Å². The summed E-state index contributed by atoms with van der Waals surface area (Å²) in [6.45, 7) is 0. The molecular formula is C14H9NO3. The lowest BCUT2D eigenvalue weighted by molar-refractivity contribution is 0.0926. The molecule has 0 fully saturated rings. The number of fused-ring (bicyclic) bond motifs is 1. The lowest BCUT2D eigenvalue weighted by Crippen LogP contribution is -2.29. The van der Waals surface area contributed by atoms with E-state index in [9.17, 15) is 14.7 Å². The number of anilines is 1. The number of imide groups is 1. The van der Waals surface area contributed by atoms with E-state index < -0.39 is 5.91 Å². The first-order valence-corrected chi connectivity index (χ1v) is 5.45. The Labute approximate surface area is 103 Å².